The quantitative estimate of drug-likeness (QED) is 0.483. The topological polar surface area (TPSA) is 66.6 Å². The lowest BCUT2D eigenvalue weighted by atomic mass is 10.1. The molecular weight excluding hydrogens is 350 g/mol. The van der Waals surface area contributed by atoms with Gasteiger partial charge in [-0.3, -0.25) is 4.79 Å². The molecule has 5 heteroatoms. The molecule has 2 aromatic carbocycles. The van der Waals surface area contributed by atoms with E-state index in [1.54, 1.807) is 6.21 Å². The van der Waals surface area contributed by atoms with Crippen LogP contribution in [-0.2, 0) is 4.79 Å². The molecule has 0 unspecified atom stereocenters. The first-order valence-corrected chi connectivity index (χ1v) is 9.35. The average molecular weight is 375 g/mol. The van der Waals surface area contributed by atoms with Crippen molar-refractivity contribution < 1.29 is 9.90 Å². The molecular formula is C23H25N3O2. The first-order valence-electron chi connectivity index (χ1n) is 9.35. The molecule has 0 saturated carbocycles. The zero-order chi connectivity index (χ0) is 19.9. The number of hydrazone groups is 1. The van der Waals surface area contributed by atoms with Gasteiger partial charge in [0.2, 0.25) is 5.91 Å². The largest absolute Gasteiger partial charge is 0.388 e. The summed E-state index contributed by atoms with van der Waals surface area (Å²) in [6.45, 7) is 4.07. The van der Waals surface area contributed by atoms with Gasteiger partial charge in [-0.05, 0) is 44.0 Å². The number of hydrogen-bond acceptors (Lipinski definition) is 3. The summed E-state index contributed by atoms with van der Waals surface area (Å²) in [4.78, 5) is 12.0. The van der Waals surface area contributed by atoms with E-state index in [0.29, 0.717) is 6.42 Å². The maximum absolute atomic E-state index is 12.0. The molecule has 0 saturated heterocycles. The van der Waals surface area contributed by atoms with Crippen molar-refractivity contribution in [3.8, 4) is 5.69 Å². The normalized spacial score (nSPS) is 12.2. The van der Waals surface area contributed by atoms with Crippen LogP contribution >= 0.6 is 0 Å². The first-order chi connectivity index (χ1) is 13.6. The minimum Gasteiger partial charge on any atom is -0.388 e. The molecule has 0 spiro atoms. The van der Waals surface area contributed by atoms with Gasteiger partial charge in [-0.25, -0.2) is 5.43 Å². The van der Waals surface area contributed by atoms with Crippen LogP contribution in [-0.4, -0.2) is 21.8 Å². The Hall–Kier alpha value is -3.18. The Morgan fingerprint density at radius 3 is 2.43 bits per heavy atom. The fraction of sp³-hybridized carbons (Fsp3) is 0.217. The molecule has 1 atom stereocenters. The molecule has 0 aliphatic carbocycles. The van der Waals surface area contributed by atoms with E-state index < -0.39 is 6.10 Å². The summed E-state index contributed by atoms with van der Waals surface area (Å²) in [6, 6.07) is 21.5. The molecule has 0 fully saturated rings. The number of carbonyl (C=O) groups is 1. The van der Waals surface area contributed by atoms with E-state index in [0.717, 1.165) is 28.2 Å². The Morgan fingerprint density at radius 1 is 1.11 bits per heavy atom. The second kappa shape index (κ2) is 9.15. The zero-order valence-corrected chi connectivity index (χ0v) is 16.2. The number of carbonyl (C=O) groups excluding carboxylic acids is 1. The van der Waals surface area contributed by atoms with Crippen LogP contribution in [0, 0.1) is 13.8 Å². The Bertz CT molecular complexity index is 947. The molecule has 1 heterocycles. The van der Waals surface area contributed by atoms with Crippen LogP contribution < -0.4 is 5.43 Å². The van der Waals surface area contributed by atoms with Gasteiger partial charge in [-0.15, -0.1) is 0 Å². The molecule has 0 radical (unpaired) electrons. The number of para-hydroxylation sites is 1. The van der Waals surface area contributed by atoms with Crippen LogP contribution in [0.5, 0.6) is 0 Å². The van der Waals surface area contributed by atoms with Gasteiger partial charge >= 0.3 is 0 Å². The second-order valence-electron chi connectivity index (χ2n) is 6.76. The van der Waals surface area contributed by atoms with E-state index in [1.807, 2.05) is 68.4 Å². The molecule has 0 aliphatic rings. The van der Waals surface area contributed by atoms with Gasteiger partial charge in [0.25, 0.3) is 0 Å². The number of amides is 1. The van der Waals surface area contributed by atoms with Crippen molar-refractivity contribution in [3.63, 3.8) is 0 Å². The molecule has 3 aromatic rings. The van der Waals surface area contributed by atoms with Gasteiger partial charge in [0, 0.05) is 29.1 Å². The predicted octanol–water partition coefficient (Wildman–Crippen LogP) is 4.06. The van der Waals surface area contributed by atoms with Crippen LogP contribution in [0.2, 0.25) is 0 Å². The van der Waals surface area contributed by atoms with E-state index in [1.165, 1.54) is 0 Å². The van der Waals surface area contributed by atoms with Crippen molar-refractivity contribution >= 4 is 12.1 Å². The molecule has 144 valence electrons. The third-order valence-electron chi connectivity index (χ3n) is 4.71. The number of hydrogen-bond donors (Lipinski definition) is 2. The highest BCUT2D eigenvalue weighted by molar-refractivity contribution is 5.84. The van der Waals surface area contributed by atoms with Crippen molar-refractivity contribution in [1.82, 2.24) is 9.99 Å². The maximum Gasteiger partial charge on any atom is 0.240 e. The number of benzene rings is 2. The number of nitrogens with one attached hydrogen (secondary N) is 1. The summed E-state index contributed by atoms with van der Waals surface area (Å²) >= 11 is 0. The van der Waals surface area contributed by atoms with Gasteiger partial charge in [0.1, 0.15) is 0 Å². The lowest BCUT2D eigenvalue weighted by Gasteiger charge is -2.09. The maximum atomic E-state index is 12.0. The van der Waals surface area contributed by atoms with Gasteiger partial charge in [-0.1, -0.05) is 48.5 Å². The average Bonchev–Trinajstić information content (AvgIpc) is 3.00. The predicted molar refractivity (Wildman–Crippen MR) is 112 cm³/mol. The highest BCUT2D eigenvalue weighted by Crippen LogP contribution is 2.19. The number of aliphatic hydroxyl groups is 1. The van der Waals surface area contributed by atoms with Crippen molar-refractivity contribution in [1.29, 1.82) is 0 Å². The molecule has 3 rings (SSSR count). The number of aromatic nitrogens is 1. The summed E-state index contributed by atoms with van der Waals surface area (Å²) in [5.41, 5.74) is 7.56. The molecule has 1 amide bonds. The van der Waals surface area contributed by atoms with Gasteiger partial charge in [0.05, 0.1) is 12.3 Å². The molecule has 5 nitrogen and oxygen atoms in total. The SMILES string of the molecule is Cc1cc(/C=N\NC(=O)CC[C@@H](O)c2ccccc2)c(C)n1-c1ccccc1. The molecule has 1 aromatic heterocycles. The minimum absolute atomic E-state index is 0.205. The van der Waals surface area contributed by atoms with E-state index in [4.69, 9.17) is 0 Å². The monoisotopic (exact) mass is 375 g/mol. The third-order valence-corrected chi connectivity index (χ3v) is 4.71. The molecule has 0 aliphatic heterocycles. The molecule has 0 bridgehead atoms. The Morgan fingerprint density at radius 2 is 1.75 bits per heavy atom. The van der Waals surface area contributed by atoms with Crippen LogP contribution in [0.15, 0.2) is 71.8 Å². The Balaban J connectivity index is 1.57. The third kappa shape index (κ3) is 4.75. The van der Waals surface area contributed by atoms with Gasteiger partial charge in [0.15, 0.2) is 0 Å². The second-order valence-corrected chi connectivity index (χ2v) is 6.76. The highest BCUT2D eigenvalue weighted by atomic mass is 16.3. The van der Waals surface area contributed by atoms with Crippen LogP contribution in [0.3, 0.4) is 0 Å². The Kier molecular flexibility index (Phi) is 6.40. The van der Waals surface area contributed by atoms with Crippen molar-refractivity contribution in [2.24, 2.45) is 5.10 Å². The van der Waals surface area contributed by atoms with E-state index in [-0.39, 0.29) is 12.3 Å². The van der Waals surface area contributed by atoms with Crippen LogP contribution in [0.25, 0.3) is 5.69 Å². The first kappa shape index (κ1) is 19.6. The number of aryl methyl sites for hydroxylation is 1. The summed E-state index contributed by atoms with van der Waals surface area (Å²) in [5.74, 6) is -0.219. The van der Waals surface area contributed by atoms with Crippen molar-refractivity contribution in [2.75, 3.05) is 0 Å². The smallest absolute Gasteiger partial charge is 0.240 e. The van der Waals surface area contributed by atoms with E-state index in [2.05, 4.69) is 27.2 Å². The number of nitrogens with zero attached hydrogens (tertiary/aromatic N) is 2. The fourth-order valence-corrected chi connectivity index (χ4v) is 3.23. The van der Waals surface area contributed by atoms with E-state index >= 15 is 0 Å². The van der Waals surface area contributed by atoms with Crippen LogP contribution in [0.4, 0.5) is 0 Å². The lowest BCUT2D eigenvalue weighted by Crippen LogP contribution is -2.18. The van der Waals surface area contributed by atoms with Crippen LogP contribution in [0.1, 0.15) is 41.5 Å². The summed E-state index contributed by atoms with van der Waals surface area (Å²) in [5, 5.41) is 14.2. The van der Waals surface area contributed by atoms with Crippen molar-refractivity contribution in [3.05, 3.63) is 89.2 Å². The Labute approximate surface area is 165 Å². The van der Waals surface area contributed by atoms with Gasteiger partial charge in [-0.2, -0.15) is 5.10 Å². The molecule has 28 heavy (non-hydrogen) atoms. The van der Waals surface area contributed by atoms with Crippen molar-refractivity contribution in [2.45, 2.75) is 32.8 Å². The number of aliphatic hydroxyl groups excluding tert-OH is 1. The number of rotatable bonds is 7. The summed E-state index contributed by atoms with van der Waals surface area (Å²) in [6.07, 6.45) is 1.57. The van der Waals surface area contributed by atoms with Gasteiger partial charge < -0.3 is 9.67 Å². The highest BCUT2D eigenvalue weighted by Gasteiger charge is 2.11. The molecule has 2 N–H and O–H groups in total. The summed E-state index contributed by atoms with van der Waals surface area (Å²) in [7, 11) is 0. The fourth-order valence-electron chi connectivity index (χ4n) is 3.23. The lowest BCUT2D eigenvalue weighted by molar-refractivity contribution is -0.121. The minimum atomic E-state index is -0.652. The zero-order valence-electron chi connectivity index (χ0n) is 16.2. The van der Waals surface area contributed by atoms with E-state index in [9.17, 15) is 9.90 Å². The summed E-state index contributed by atoms with van der Waals surface area (Å²) < 4.78 is 2.15. The standard InChI is InChI=1S/C23H25N3O2/c1-17-15-20(18(2)26(17)21-11-7-4-8-12-21)16-24-25-23(28)14-13-22(27)19-9-5-3-6-10-19/h3-12,15-16,22,27H,13-14H2,1-2H3,(H,25,28)/b24-16-/t22-/m1/s1.